The Kier molecular flexibility index (Phi) is 6.50. The molecule has 0 spiro atoms. The van der Waals surface area contributed by atoms with Gasteiger partial charge in [0, 0.05) is 12.6 Å². The molecule has 30 heavy (non-hydrogen) atoms. The first-order valence-electron chi connectivity index (χ1n) is 9.10. The van der Waals surface area contributed by atoms with Gasteiger partial charge in [0.15, 0.2) is 34.5 Å². The van der Waals surface area contributed by atoms with Crippen molar-refractivity contribution < 1.29 is 38.9 Å². The molecule has 2 aromatic rings. The van der Waals surface area contributed by atoms with Gasteiger partial charge in [-0.1, -0.05) is 0 Å². The number of hydrogen-bond acceptors (Lipinski definition) is 9. The number of ketones is 1. The first kappa shape index (κ1) is 21.5. The summed E-state index contributed by atoms with van der Waals surface area (Å²) in [7, 11) is 5.86. The summed E-state index contributed by atoms with van der Waals surface area (Å²) >= 11 is 0. The fourth-order valence-corrected chi connectivity index (χ4v) is 3.30. The van der Waals surface area contributed by atoms with Crippen LogP contribution in [0, 0.1) is 11.1 Å². The van der Waals surface area contributed by atoms with E-state index < -0.39 is 11.1 Å². The van der Waals surface area contributed by atoms with Crippen LogP contribution in [0.4, 0.5) is 11.4 Å². The van der Waals surface area contributed by atoms with Gasteiger partial charge in [-0.25, -0.2) is 5.21 Å². The van der Waals surface area contributed by atoms with Crippen molar-refractivity contribution in [1.82, 2.24) is 0 Å². The normalized spacial score (nSPS) is 16.2. The van der Waals surface area contributed by atoms with E-state index in [0.29, 0.717) is 40.0 Å². The standard InChI is InChI=1S/C20H24N2O8/c1-26-15-6-5-12-18(23)11(10-30-19(12)20(15)29-4)9-21-13-7-16(27-2)17(28-3)8-14(13)22(24)25/h5-8,11,21-22,24H,9-10H2,1-4H3. The number of benzene rings is 2. The molecule has 10 nitrogen and oxygen atoms in total. The van der Waals surface area contributed by atoms with Crippen LogP contribution < -0.4 is 34.2 Å². The van der Waals surface area contributed by atoms with Crippen LogP contribution in [0.5, 0.6) is 28.7 Å². The quantitative estimate of drug-likeness (QED) is 0.544. The van der Waals surface area contributed by atoms with Gasteiger partial charge in [-0.3, -0.25) is 4.79 Å². The Labute approximate surface area is 173 Å². The van der Waals surface area contributed by atoms with Crippen molar-refractivity contribution in [1.29, 1.82) is 0 Å². The number of nitrogens with one attached hydrogen (secondary N) is 2. The number of Topliss-reactive ketones (excluding diaryl/α,β-unsaturated/α-hetero) is 1. The first-order chi connectivity index (χ1) is 14.4. The Morgan fingerprint density at radius 3 is 2.37 bits per heavy atom. The largest absolute Gasteiger partial charge is 0.595 e. The van der Waals surface area contributed by atoms with E-state index in [4.69, 9.17) is 23.7 Å². The Bertz CT molecular complexity index is 932. The van der Waals surface area contributed by atoms with Crippen molar-refractivity contribution in [2.24, 2.45) is 5.92 Å². The zero-order valence-electron chi connectivity index (χ0n) is 17.1. The van der Waals surface area contributed by atoms with E-state index in [9.17, 15) is 15.2 Å². The molecule has 0 saturated carbocycles. The molecule has 0 amide bonds. The molecule has 0 aliphatic carbocycles. The lowest BCUT2D eigenvalue weighted by Crippen LogP contribution is -2.99. The molecule has 0 saturated heterocycles. The number of hydrogen-bond donors (Lipinski definition) is 3. The Morgan fingerprint density at radius 2 is 1.77 bits per heavy atom. The number of quaternary nitrogens is 1. The maximum absolute atomic E-state index is 13.0. The van der Waals surface area contributed by atoms with Crippen LogP contribution in [-0.4, -0.2) is 52.6 Å². The molecule has 3 rings (SSSR count). The maximum Gasteiger partial charge on any atom is 0.204 e. The molecule has 162 valence electrons. The molecule has 2 unspecified atom stereocenters. The lowest BCUT2D eigenvalue weighted by atomic mass is 9.94. The van der Waals surface area contributed by atoms with Gasteiger partial charge in [0.1, 0.15) is 12.3 Å². The van der Waals surface area contributed by atoms with Gasteiger partial charge < -0.3 is 34.2 Å². The van der Waals surface area contributed by atoms with E-state index >= 15 is 0 Å². The molecular weight excluding hydrogens is 396 g/mol. The van der Waals surface area contributed by atoms with Gasteiger partial charge in [-0.2, -0.15) is 5.23 Å². The molecule has 2 aromatic carbocycles. The van der Waals surface area contributed by atoms with E-state index in [1.165, 1.54) is 40.6 Å². The molecule has 2 atom stereocenters. The van der Waals surface area contributed by atoms with E-state index in [2.05, 4.69) is 5.32 Å². The van der Waals surface area contributed by atoms with Crippen molar-refractivity contribution >= 4 is 17.2 Å². The van der Waals surface area contributed by atoms with Gasteiger partial charge in [0.25, 0.3) is 0 Å². The van der Waals surface area contributed by atoms with E-state index in [1.807, 2.05) is 0 Å². The van der Waals surface area contributed by atoms with Crippen molar-refractivity contribution in [3.8, 4) is 28.7 Å². The summed E-state index contributed by atoms with van der Waals surface area (Å²) in [5.74, 6) is 1.19. The minimum absolute atomic E-state index is 0.00336. The fraction of sp³-hybridized carbons (Fsp3) is 0.350. The third-order valence-corrected chi connectivity index (χ3v) is 4.86. The van der Waals surface area contributed by atoms with Crippen molar-refractivity contribution in [3.63, 3.8) is 0 Å². The minimum Gasteiger partial charge on any atom is -0.595 e. The predicted octanol–water partition coefficient (Wildman–Crippen LogP) is 1.43. The van der Waals surface area contributed by atoms with Gasteiger partial charge in [-0.05, 0) is 12.1 Å². The van der Waals surface area contributed by atoms with Crippen molar-refractivity contribution in [2.45, 2.75) is 0 Å². The highest BCUT2D eigenvalue weighted by molar-refractivity contribution is 6.02. The number of rotatable bonds is 8. The molecule has 10 heteroatoms. The third kappa shape index (κ3) is 3.92. The number of methoxy groups -OCH3 is 4. The third-order valence-electron chi connectivity index (χ3n) is 4.86. The summed E-state index contributed by atoms with van der Waals surface area (Å²) < 4.78 is 26.8. The molecule has 0 radical (unpaired) electrons. The van der Waals surface area contributed by atoms with E-state index in [-0.39, 0.29) is 24.6 Å². The highest BCUT2D eigenvalue weighted by Crippen LogP contribution is 2.43. The monoisotopic (exact) mass is 420 g/mol. The van der Waals surface area contributed by atoms with E-state index in [0.717, 1.165) is 0 Å². The smallest absolute Gasteiger partial charge is 0.204 e. The molecule has 1 heterocycles. The number of fused-ring (bicyclic) bond motifs is 1. The Morgan fingerprint density at radius 1 is 1.10 bits per heavy atom. The Hall–Kier alpha value is -3.21. The summed E-state index contributed by atoms with van der Waals surface area (Å²) in [6, 6.07) is 6.17. The SMILES string of the molecule is COc1cc(NCC2COc3c(ccc(OC)c3OC)C2=O)c([NH+]([O-])O)cc1OC. The molecule has 3 N–H and O–H groups in total. The summed E-state index contributed by atoms with van der Waals surface area (Å²) in [5, 5.41) is 23.1. The highest BCUT2D eigenvalue weighted by Gasteiger charge is 2.32. The molecular formula is C20H24N2O8. The number of carbonyl (C=O) groups is 1. The maximum atomic E-state index is 13.0. The molecule has 1 aliphatic rings. The summed E-state index contributed by atoms with van der Waals surface area (Å²) in [6.07, 6.45) is 0. The molecule has 1 aliphatic heterocycles. The zero-order valence-corrected chi connectivity index (χ0v) is 17.1. The van der Waals surface area contributed by atoms with Crippen LogP contribution in [0.2, 0.25) is 0 Å². The number of carbonyl (C=O) groups excluding carboxylic acids is 1. The molecule has 0 fully saturated rings. The van der Waals surface area contributed by atoms with Gasteiger partial charge in [0.05, 0.1) is 46.0 Å². The van der Waals surface area contributed by atoms with Crippen molar-refractivity contribution in [3.05, 3.63) is 35.0 Å². The van der Waals surface area contributed by atoms with Crippen LogP contribution >= 0.6 is 0 Å². The minimum atomic E-state index is -1.13. The van der Waals surface area contributed by atoms with E-state index in [1.54, 1.807) is 12.1 Å². The van der Waals surface area contributed by atoms with Gasteiger partial charge in [0.2, 0.25) is 5.75 Å². The molecule has 0 bridgehead atoms. The predicted molar refractivity (Wildman–Crippen MR) is 107 cm³/mol. The lowest BCUT2D eigenvalue weighted by molar-refractivity contribution is -0.990. The lowest BCUT2D eigenvalue weighted by Gasteiger charge is -2.27. The van der Waals surface area contributed by atoms with Crippen molar-refractivity contribution in [2.75, 3.05) is 46.9 Å². The Balaban J connectivity index is 1.83. The van der Waals surface area contributed by atoms with Crippen LogP contribution in [0.1, 0.15) is 10.4 Å². The van der Waals surface area contributed by atoms with Crippen LogP contribution in [0.3, 0.4) is 0 Å². The summed E-state index contributed by atoms with van der Waals surface area (Å²) in [4.78, 5) is 13.0. The number of anilines is 1. The number of ether oxygens (including phenoxy) is 5. The average molecular weight is 420 g/mol. The van der Waals surface area contributed by atoms with Gasteiger partial charge in [-0.15, -0.1) is 0 Å². The second-order valence-electron chi connectivity index (χ2n) is 6.49. The first-order valence-corrected chi connectivity index (χ1v) is 9.10. The van der Waals surface area contributed by atoms with Crippen LogP contribution in [0.25, 0.3) is 0 Å². The van der Waals surface area contributed by atoms with Gasteiger partial charge >= 0.3 is 0 Å². The fourth-order valence-electron chi connectivity index (χ4n) is 3.30. The average Bonchev–Trinajstić information content (AvgIpc) is 2.76. The second-order valence-corrected chi connectivity index (χ2v) is 6.49. The second kappa shape index (κ2) is 9.08. The summed E-state index contributed by atoms with van der Waals surface area (Å²) in [5.41, 5.74) is 0.700. The zero-order chi connectivity index (χ0) is 21.8. The van der Waals surface area contributed by atoms with Crippen LogP contribution in [-0.2, 0) is 0 Å². The highest BCUT2D eigenvalue weighted by atomic mass is 16.8. The molecule has 0 aromatic heterocycles. The van der Waals surface area contributed by atoms with Crippen LogP contribution in [0.15, 0.2) is 24.3 Å². The topological polar surface area (TPSA) is 123 Å². The summed E-state index contributed by atoms with van der Waals surface area (Å²) in [6.45, 7) is 0.278.